The van der Waals surface area contributed by atoms with Gasteiger partial charge in [0.25, 0.3) is 0 Å². The number of rotatable bonds is 3. The van der Waals surface area contributed by atoms with E-state index in [1.54, 1.807) is 17.7 Å². The Balaban J connectivity index is 1.72. The van der Waals surface area contributed by atoms with Crippen LogP contribution in [0.4, 0.5) is 5.82 Å². The molecule has 1 atom stereocenters. The van der Waals surface area contributed by atoms with Crippen LogP contribution in [0.3, 0.4) is 0 Å². The number of nitrogens with one attached hydrogen (secondary N) is 1. The molecule has 0 radical (unpaired) electrons. The van der Waals surface area contributed by atoms with Crippen molar-refractivity contribution in [2.45, 2.75) is 32.7 Å². The van der Waals surface area contributed by atoms with E-state index in [1.807, 2.05) is 11.3 Å². The lowest BCUT2D eigenvalue weighted by Crippen LogP contribution is -2.09. The van der Waals surface area contributed by atoms with Gasteiger partial charge in [-0.3, -0.25) is 0 Å². The number of anilines is 1. The van der Waals surface area contributed by atoms with Gasteiger partial charge in [-0.1, -0.05) is 13.0 Å². The molecule has 3 nitrogen and oxygen atoms in total. The van der Waals surface area contributed by atoms with Crippen LogP contribution in [-0.2, 0) is 19.4 Å². The number of hydrogen-bond donors (Lipinski definition) is 1. The smallest absolute Gasteiger partial charge is 0.138 e. The summed E-state index contributed by atoms with van der Waals surface area (Å²) in [7, 11) is 0. The van der Waals surface area contributed by atoms with Crippen LogP contribution in [0.2, 0.25) is 0 Å². The van der Waals surface area contributed by atoms with Crippen molar-refractivity contribution in [1.29, 1.82) is 0 Å². The molecule has 4 rings (SSSR count). The van der Waals surface area contributed by atoms with E-state index < -0.39 is 0 Å². The van der Waals surface area contributed by atoms with E-state index in [0.29, 0.717) is 0 Å². The summed E-state index contributed by atoms with van der Waals surface area (Å²) >= 11 is 3.63. The second kappa shape index (κ2) is 5.39. The van der Waals surface area contributed by atoms with Gasteiger partial charge in [-0.2, -0.15) is 0 Å². The molecule has 3 aromatic heterocycles. The van der Waals surface area contributed by atoms with Gasteiger partial charge in [-0.15, -0.1) is 22.7 Å². The van der Waals surface area contributed by atoms with Crippen LogP contribution in [0.5, 0.6) is 0 Å². The number of nitrogens with zero attached hydrogens (tertiary/aromatic N) is 2. The van der Waals surface area contributed by atoms with Crippen LogP contribution in [0, 0.1) is 5.92 Å². The molecule has 0 saturated carbocycles. The van der Waals surface area contributed by atoms with E-state index in [0.717, 1.165) is 29.5 Å². The van der Waals surface area contributed by atoms with Crippen LogP contribution in [0.15, 0.2) is 23.8 Å². The first-order chi connectivity index (χ1) is 10.3. The average molecular weight is 315 g/mol. The third kappa shape index (κ3) is 2.45. The molecule has 108 valence electrons. The Kier molecular flexibility index (Phi) is 3.39. The van der Waals surface area contributed by atoms with Gasteiger partial charge in [0.05, 0.1) is 11.9 Å². The lowest BCUT2D eigenvalue weighted by atomic mass is 9.89. The van der Waals surface area contributed by atoms with Gasteiger partial charge < -0.3 is 5.32 Å². The van der Waals surface area contributed by atoms with Crippen molar-refractivity contribution in [3.8, 4) is 0 Å². The summed E-state index contributed by atoms with van der Waals surface area (Å²) in [5.41, 5.74) is 1.49. The van der Waals surface area contributed by atoms with Crippen molar-refractivity contribution in [1.82, 2.24) is 9.97 Å². The van der Waals surface area contributed by atoms with Crippen LogP contribution >= 0.6 is 22.7 Å². The maximum Gasteiger partial charge on any atom is 0.138 e. The lowest BCUT2D eigenvalue weighted by molar-refractivity contribution is 0.509. The van der Waals surface area contributed by atoms with E-state index in [2.05, 4.69) is 39.7 Å². The van der Waals surface area contributed by atoms with E-state index in [9.17, 15) is 0 Å². The van der Waals surface area contributed by atoms with Crippen LogP contribution < -0.4 is 5.32 Å². The molecule has 0 aliphatic heterocycles. The highest BCUT2D eigenvalue weighted by Gasteiger charge is 2.22. The first kappa shape index (κ1) is 13.2. The monoisotopic (exact) mass is 315 g/mol. The molecule has 0 saturated heterocycles. The molecule has 0 fully saturated rings. The van der Waals surface area contributed by atoms with E-state index in [4.69, 9.17) is 0 Å². The fourth-order valence-corrected chi connectivity index (χ4v) is 4.99. The summed E-state index contributed by atoms with van der Waals surface area (Å²) in [4.78, 5) is 13.0. The van der Waals surface area contributed by atoms with Crippen molar-refractivity contribution in [2.24, 2.45) is 5.92 Å². The standard InChI is InChI=1S/C16H17N3S2/c1-10-4-5-12-13(7-10)21-16-14(12)15(18-9-19-16)17-8-11-3-2-6-20-11/h2-3,6,9-10H,4-5,7-8H2,1H3,(H,17,18,19)/t10-/m1/s1. The van der Waals surface area contributed by atoms with Gasteiger partial charge in [0.2, 0.25) is 0 Å². The molecule has 0 aromatic carbocycles. The quantitative estimate of drug-likeness (QED) is 0.774. The predicted octanol–water partition coefficient (Wildman–Crippen LogP) is 4.49. The van der Waals surface area contributed by atoms with E-state index in [1.165, 1.54) is 33.5 Å². The third-order valence-corrected chi connectivity index (χ3v) is 6.14. The molecule has 1 N–H and O–H groups in total. The van der Waals surface area contributed by atoms with Crippen molar-refractivity contribution in [3.63, 3.8) is 0 Å². The Bertz CT molecular complexity index is 761. The fraction of sp³-hybridized carbons (Fsp3) is 0.375. The zero-order valence-electron chi connectivity index (χ0n) is 11.9. The molecule has 3 aromatic rings. The second-order valence-electron chi connectivity index (χ2n) is 5.69. The highest BCUT2D eigenvalue weighted by molar-refractivity contribution is 7.19. The zero-order valence-corrected chi connectivity index (χ0v) is 13.6. The number of aromatic nitrogens is 2. The fourth-order valence-electron chi connectivity index (χ4n) is 2.99. The molecule has 0 bridgehead atoms. The highest BCUT2D eigenvalue weighted by atomic mass is 32.1. The number of fused-ring (bicyclic) bond motifs is 3. The minimum Gasteiger partial charge on any atom is -0.365 e. The van der Waals surface area contributed by atoms with Crippen molar-refractivity contribution >= 4 is 38.7 Å². The number of aryl methyl sites for hydroxylation is 1. The molecular formula is C16H17N3S2. The summed E-state index contributed by atoms with van der Waals surface area (Å²) in [5.74, 6) is 1.79. The average Bonchev–Trinajstić information content (AvgIpc) is 3.11. The normalized spacial score (nSPS) is 17.9. The molecule has 1 aliphatic rings. The maximum atomic E-state index is 4.49. The van der Waals surface area contributed by atoms with Gasteiger partial charge >= 0.3 is 0 Å². The molecule has 3 heterocycles. The second-order valence-corrected chi connectivity index (χ2v) is 7.80. The van der Waals surface area contributed by atoms with Gasteiger partial charge in [0.15, 0.2) is 0 Å². The zero-order chi connectivity index (χ0) is 14.2. The Hall–Kier alpha value is -1.46. The minimum atomic E-state index is 0.793. The summed E-state index contributed by atoms with van der Waals surface area (Å²) in [6.07, 6.45) is 5.32. The summed E-state index contributed by atoms with van der Waals surface area (Å²) in [5, 5.41) is 6.88. The molecule has 1 aliphatic carbocycles. The Morgan fingerprint density at radius 2 is 2.33 bits per heavy atom. The van der Waals surface area contributed by atoms with Crippen molar-refractivity contribution in [2.75, 3.05) is 5.32 Å². The summed E-state index contributed by atoms with van der Waals surface area (Å²) < 4.78 is 0. The van der Waals surface area contributed by atoms with E-state index in [-0.39, 0.29) is 0 Å². The van der Waals surface area contributed by atoms with Crippen molar-refractivity contribution < 1.29 is 0 Å². The molecule has 0 spiro atoms. The first-order valence-corrected chi connectivity index (χ1v) is 9.02. The summed E-state index contributed by atoms with van der Waals surface area (Å²) in [6.45, 7) is 3.18. The molecule has 0 unspecified atom stereocenters. The van der Waals surface area contributed by atoms with Gasteiger partial charge in [-0.05, 0) is 42.2 Å². The van der Waals surface area contributed by atoms with Gasteiger partial charge in [0.1, 0.15) is 17.0 Å². The predicted molar refractivity (Wildman–Crippen MR) is 90.2 cm³/mol. The van der Waals surface area contributed by atoms with Crippen molar-refractivity contribution in [3.05, 3.63) is 39.2 Å². The minimum absolute atomic E-state index is 0.793. The maximum absolute atomic E-state index is 4.49. The van der Waals surface area contributed by atoms with Crippen LogP contribution in [0.1, 0.15) is 28.7 Å². The largest absolute Gasteiger partial charge is 0.365 e. The first-order valence-electron chi connectivity index (χ1n) is 7.33. The topological polar surface area (TPSA) is 37.8 Å². The molecule has 0 amide bonds. The van der Waals surface area contributed by atoms with Gasteiger partial charge in [-0.25, -0.2) is 9.97 Å². The Morgan fingerprint density at radius 3 is 3.19 bits per heavy atom. The number of hydrogen-bond acceptors (Lipinski definition) is 5. The van der Waals surface area contributed by atoms with Crippen LogP contribution in [0.25, 0.3) is 10.2 Å². The Morgan fingerprint density at radius 1 is 1.38 bits per heavy atom. The van der Waals surface area contributed by atoms with Crippen LogP contribution in [-0.4, -0.2) is 9.97 Å². The Labute approximate surface area is 132 Å². The third-order valence-electron chi connectivity index (χ3n) is 4.10. The van der Waals surface area contributed by atoms with E-state index >= 15 is 0 Å². The lowest BCUT2D eigenvalue weighted by Gasteiger charge is -2.18. The SMILES string of the molecule is C[C@@H]1CCc2c(sc3ncnc(NCc4cccs4)c23)C1. The molecule has 5 heteroatoms. The van der Waals surface area contributed by atoms with Gasteiger partial charge in [0, 0.05) is 9.75 Å². The molecular weight excluding hydrogens is 298 g/mol. The molecule has 21 heavy (non-hydrogen) atoms. The highest BCUT2D eigenvalue weighted by Crippen LogP contribution is 2.39. The summed E-state index contributed by atoms with van der Waals surface area (Å²) in [6, 6.07) is 4.24. The number of thiophene rings is 2.